The van der Waals surface area contributed by atoms with Crippen LogP contribution in [0.4, 0.5) is 0 Å². The van der Waals surface area contributed by atoms with E-state index in [1.807, 2.05) is 20.8 Å². The molecule has 1 saturated heterocycles. The van der Waals surface area contributed by atoms with Gasteiger partial charge in [0, 0.05) is 23.7 Å². The number of carbonyl (C=O) groups excluding carboxylic acids is 2. The lowest BCUT2D eigenvalue weighted by molar-refractivity contribution is -0.141. The van der Waals surface area contributed by atoms with Crippen molar-refractivity contribution in [1.29, 1.82) is 0 Å². The molecule has 1 aliphatic rings. The van der Waals surface area contributed by atoms with E-state index >= 15 is 0 Å². The number of benzene rings is 1. The Labute approximate surface area is 148 Å². The van der Waals surface area contributed by atoms with Gasteiger partial charge >= 0.3 is 0 Å². The molecule has 0 aliphatic carbocycles. The fourth-order valence-corrected chi connectivity index (χ4v) is 2.85. The first-order valence-corrected chi connectivity index (χ1v) is 8.77. The molecule has 132 valence electrons. The summed E-state index contributed by atoms with van der Waals surface area (Å²) in [5.41, 5.74) is 0.496. The third-order valence-electron chi connectivity index (χ3n) is 4.42. The summed E-state index contributed by atoms with van der Waals surface area (Å²) in [5, 5.41) is 3.47. The van der Waals surface area contributed by atoms with E-state index in [0.29, 0.717) is 30.3 Å². The maximum Gasteiger partial charge on any atom is 0.251 e. The first-order chi connectivity index (χ1) is 11.4. The van der Waals surface area contributed by atoms with Crippen molar-refractivity contribution in [2.75, 3.05) is 19.7 Å². The fraction of sp³-hybridized carbons (Fsp3) is 0.556. The number of carbonyl (C=O) groups is 2. The van der Waals surface area contributed by atoms with Gasteiger partial charge in [0.2, 0.25) is 5.91 Å². The van der Waals surface area contributed by atoms with Crippen LogP contribution >= 0.6 is 11.6 Å². The number of morpholine rings is 1. The zero-order valence-corrected chi connectivity index (χ0v) is 15.2. The number of hydrogen-bond acceptors (Lipinski definition) is 3. The largest absolute Gasteiger partial charge is 0.375 e. The Bertz CT molecular complexity index is 576. The first kappa shape index (κ1) is 18.7. The lowest BCUT2D eigenvalue weighted by Gasteiger charge is -2.35. The predicted octanol–water partition coefficient (Wildman–Crippen LogP) is 2.73. The molecular weight excluding hydrogens is 328 g/mol. The zero-order chi connectivity index (χ0) is 17.7. The minimum Gasteiger partial charge on any atom is -0.375 e. The molecule has 6 heteroatoms. The van der Waals surface area contributed by atoms with Crippen LogP contribution in [0.3, 0.4) is 0 Å². The van der Waals surface area contributed by atoms with Crippen molar-refractivity contribution in [3.63, 3.8) is 0 Å². The molecular formula is C18H25ClN2O3. The average Bonchev–Trinajstić information content (AvgIpc) is 2.58. The van der Waals surface area contributed by atoms with E-state index < -0.39 is 6.04 Å². The molecule has 1 aromatic carbocycles. The van der Waals surface area contributed by atoms with Crippen LogP contribution in [0.15, 0.2) is 24.3 Å². The summed E-state index contributed by atoms with van der Waals surface area (Å²) in [4.78, 5) is 27.2. The Hall–Kier alpha value is -1.59. The van der Waals surface area contributed by atoms with Crippen LogP contribution in [0.1, 0.15) is 37.6 Å². The van der Waals surface area contributed by atoms with Crippen molar-refractivity contribution >= 4 is 23.4 Å². The highest BCUT2D eigenvalue weighted by Crippen LogP contribution is 2.15. The van der Waals surface area contributed by atoms with Crippen LogP contribution < -0.4 is 5.32 Å². The second-order valence-electron chi connectivity index (χ2n) is 6.31. The normalized spacial score (nSPS) is 20.3. The minimum atomic E-state index is -0.538. The van der Waals surface area contributed by atoms with Gasteiger partial charge in [-0.05, 0) is 37.1 Å². The lowest BCUT2D eigenvalue weighted by atomic mass is 9.97. The summed E-state index contributed by atoms with van der Waals surface area (Å²) >= 11 is 5.86. The summed E-state index contributed by atoms with van der Waals surface area (Å²) in [6.07, 6.45) is 0.823. The fourth-order valence-electron chi connectivity index (χ4n) is 2.72. The van der Waals surface area contributed by atoms with E-state index in [1.54, 1.807) is 29.2 Å². The molecule has 0 aromatic heterocycles. The molecule has 1 aliphatic heterocycles. The maximum atomic E-state index is 12.9. The van der Waals surface area contributed by atoms with Crippen molar-refractivity contribution < 1.29 is 14.3 Å². The van der Waals surface area contributed by atoms with Gasteiger partial charge in [0.25, 0.3) is 5.91 Å². The highest BCUT2D eigenvalue weighted by atomic mass is 35.5. The molecule has 1 heterocycles. The molecule has 24 heavy (non-hydrogen) atoms. The summed E-state index contributed by atoms with van der Waals surface area (Å²) in [5.74, 6) is -0.250. The van der Waals surface area contributed by atoms with Gasteiger partial charge in [0.1, 0.15) is 6.04 Å². The van der Waals surface area contributed by atoms with E-state index in [1.165, 1.54) is 0 Å². The van der Waals surface area contributed by atoms with Crippen molar-refractivity contribution in [2.45, 2.75) is 39.3 Å². The Morgan fingerprint density at radius 2 is 2.04 bits per heavy atom. The van der Waals surface area contributed by atoms with Crippen molar-refractivity contribution in [3.8, 4) is 0 Å². The molecule has 0 saturated carbocycles. The molecule has 1 N–H and O–H groups in total. The maximum absolute atomic E-state index is 12.9. The topological polar surface area (TPSA) is 58.6 Å². The quantitative estimate of drug-likeness (QED) is 0.886. The first-order valence-electron chi connectivity index (χ1n) is 8.39. The van der Waals surface area contributed by atoms with Gasteiger partial charge in [0.15, 0.2) is 0 Å². The van der Waals surface area contributed by atoms with Gasteiger partial charge in [-0.15, -0.1) is 0 Å². The Morgan fingerprint density at radius 1 is 1.38 bits per heavy atom. The third kappa shape index (κ3) is 4.71. The highest BCUT2D eigenvalue weighted by Gasteiger charge is 2.32. The van der Waals surface area contributed by atoms with E-state index in [-0.39, 0.29) is 23.8 Å². The Balaban J connectivity index is 2.11. The smallest absolute Gasteiger partial charge is 0.251 e. The van der Waals surface area contributed by atoms with Gasteiger partial charge in [-0.3, -0.25) is 9.59 Å². The monoisotopic (exact) mass is 352 g/mol. The number of nitrogens with zero attached hydrogens (tertiary/aromatic N) is 1. The van der Waals surface area contributed by atoms with E-state index in [4.69, 9.17) is 16.3 Å². The van der Waals surface area contributed by atoms with Gasteiger partial charge in [-0.25, -0.2) is 0 Å². The number of nitrogens with one attached hydrogen (secondary N) is 1. The van der Waals surface area contributed by atoms with Gasteiger partial charge in [0.05, 0.1) is 12.7 Å². The molecule has 0 bridgehead atoms. The molecule has 1 aromatic rings. The van der Waals surface area contributed by atoms with Gasteiger partial charge in [-0.1, -0.05) is 31.9 Å². The standard InChI is InChI=1S/C18H25ClN2O3/c1-4-12(2)16(18(23)21-9-10-24-13(3)11-21)20-17(22)14-5-7-15(19)8-6-14/h5-8,12-13,16H,4,9-11H2,1-3H3,(H,20,22). The minimum absolute atomic E-state index is 0.0206. The van der Waals surface area contributed by atoms with E-state index in [9.17, 15) is 9.59 Å². The van der Waals surface area contributed by atoms with Gasteiger partial charge < -0.3 is 15.0 Å². The van der Waals surface area contributed by atoms with Crippen molar-refractivity contribution in [3.05, 3.63) is 34.9 Å². The van der Waals surface area contributed by atoms with Crippen LogP contribution in [0.25, 0.3) is 0 Å². The summed E-state index contributed by atoms with van der Waals surface area (Å²) in [6, 6.07) is 6.11. The van der Waals surface area contributed by atoms with Crippen LogP contribution in [0, 0.1) is 5.92 Å². The molecule has 2 amide bonds. The van der Waals surface area contributed by atoms with Crippen LogP contribution in [-0.4, -0.2) is 48.6 Å². The second kappa shape index (κ2) is 8.49. The number of ether oxygens (including phenoxy) is 1. The number of rotatable bonds is 5. The van der Waals surface area contributed by atoms with Gasteiger partial charge in [-0.2, -0.15) is 0 Å². The Kier molecular flexibility index (Phi) is 6.63. The SMILES string of the molecule is CCC(C)C(NC(=O)c1ccc(Cl)cc1)C(=O)N1CCOC(C)C1. The van der Waals surface area contributed by atoms with Crippen molar-refractivity contribution in [1.82, 2.24) is 10.2 Å². The van der Waals surface area contributed by atoms with Crippen LogP contribution in [-0.2, 0) is 9.53 Å². The summed E-state index contributed by atoms with van der Waals surface area (Å²) < 4.78 is 5.49. The molecule has 1 fully saturated rings. The number of hydrogen-bond donors (Lipinski definition) is 1. The third-order valence-corrected chi connectivity index (χ3v) is 4.68. The molecule has 3 unspecified atom stereocenters. The molecule has 0 radical (unpaired) electrons. The molecule has 3 atom stereocenters. The summed E-state index contributed by atoms with van der Waals surface area (Å²) in [6.45, 7) is 7.60. The Morgan fingerprint density at radius 3 is 2.62 bits per heavy atom. The van der Waals surface area contributed by atoms with E-state index in [0.717, 1.165) is 6.42 Å². The lowest BCUT2D eigenvalue weighted by Crippen LogP contribution is -2.55. The molecule has 0 spiro atoms. The van der Waals surface area contributed by atoms with Crippen molar-refractivity contribution in [2.24, 2.45) is 5.92 Å². The average molecular weight is 353 g/mol. The van der Waals surface area contributed by atoms with Crippen LogP contribution in [0.5, 0.6) is 0 Å². The second-order valence-corrected chi connectivity index (χ2v) is 6.75. The number of halogens is 1. The van der Waals surface area contributed by atoms with E-state index in [2.05, 4.69) is 5.32 Å². The molecule has 5 nitrogen and oxygen atoms in total. The summed E-state index contributed by atoms with van der Waals surface area (Å²) in [7, 11) is 0. The number of amides is 2. The predicted molar refractivity (Wildman–Crippen MR) is 94.2 cm³/mol. The zero-order valence-electron chi connectivity index (χ0n) is 14.4. The highest BCUT2D eigenvalue weighted by molar-refractivity contribution is 6.30. The van der Waals surface area contributed by atoms with Crippen LogP contribution in [0.2, 0.25) is 5.02 Å². The molecule has 2 rings (SSSR count).